The van der Waals surface area contributed by atoms with Crippen LogP contribution in [0.2, 0.25) is 5.15 Å². The average Bonchev–Trinajstić information content (AvgIpc) is 2.64. The number of nitrogens with zero attached hydrogens (tertiary/aromatic N) is 1. The third kappa shape index (κ3) is 1.92. The number of H-pyrrole nitrogens is 1. The standard InChI is InChI=1S/C10H13ClN2O3/c1-16-7-4-2-3-6(7)13-9(14)5-8(11)12-10(13)15/h5-7H,2-4H2,1H3,(H,12,15). The molecule has 0 aromatic carbocycles. The first-order valence-electron chi connectivity index (χ1n) is 5.17. The molecular formula is C10H13ClN2O3. The van der Waals surface area contributed by atoms with E-state index in [-0.39, 0.29) is 22.9 Å². The first-order valence-corrected chi connectivity index (χ1v) is 5.55. The Morgan fingerprint density at radius 1 is 1.50 bits per heavy atom. The van der Waals surface area contributed by atoms with Crippen LogP contribution in [0.4, 0.5) is 0 Å². The molecule has 1 heterocycles. The molecule has 16 heavy (non-hydrogen) atoms. The van der Waals surface area contributed by atoms with Crippen molar-refractivity contribution in [3.05, 3.63) is 32.1 Å². The zero-order valence-corrected chi connectivity index (χ0v) is 9.66. The maximum atomic E-state index is 11.7. The van der Waals surface area contributed by atoms with Gasteiger partial charge >= 0.3 is 5.69 Å². The topological polar surface area (TPSA) is 64.1 Å². The van der Waals surface area contributed by atoms with Gasteiger partial charge in [-0.15, -0.1) is 0 Å². The lowest BCUT2D eigenvalue weighted by atomic mass is 10.2. The van der Waals surface area contributed by atoms with Crippen LogP contribution < -0.4 is 11.2 Å². The van der Waals surface area contributed by atoms with E-state index in [0.717, 1.165) is 19.3 Å². The number of ether oxygens (including phenoxy) is 1. The van der Waals surface area contributed by atoms with Crippen molar-refractivity contribution in [2.45, 2.75) is 31.4 Å². The zero-order valence-electron chi connectivity index (χ0n) is 8.90. The highest BCUT2D eigenvalue weighted by Crippen LogP contribution is 2.30. The average molecular weight is 245 g/mol. The summed E-state index contributed by atoms with van der Waals surface area (Å²) < 4.78 is 6.47. The number of rotatable bonds is 2. The first-order chi connectivity index (χ1) is 7.63. The molecule has 5 nitrogen and oxygen atoms in total. The van der Waals surface area contributed by atoms with E-state index in [0.29, 0.717) is 0 Å². The lowest BCUT2D eigenvalue weighted by Gasteiger charge is -2.19. The number of hydrogen-bond donors (Lipinski definition) is 1. The quantitative estimate of drug-likeness (QED) is 0.788. The molecule has 2 rings (SSSR count). The number of hydrogen-bond acceptors (Lipinski definition) is 3. The summed E-state index contributed by atoms with van der Waals surface area (Å²) in [5, 5.41) is 0.0678. The molecule has 0 spiro atoms. The maximum absolute atomic E-state index is 11.7. The molecule has 0 amide bonds. The molecule has 1 aromatic heterocycles. The Morgan fingerprint density at radius 2 is 2.25 bits per heavy atom. The third-order valence-electron chi connectivity index (χ3n) is 2.98. The molecule has 88 valence electrons. The highest BCUT2D eigenvalue weighted by molar-refractivity contribution is 6.29. The van der Waals surface area contributed by atoms with Crippen LogP contribution in [0, 0.1) is 0 Å². The fraction of sp³-hybridized carbons (Fsp3) is 0.600. The molecule has 6 heteroatoms. The van der Waals surface area contributed by atoms with Gasteiger partial charge in [0.1, 0.15) is 5.15 Å². The molecule has 0 radical (unpaired) electrons. The molecule has 1 N–H and O–H groups in total. The van der Waals surface area contributed by atoms with Gasteiger partial charge in [-0.1, -0.05) is 11.6 Å². The van der Waals surface area contributed by atoms with Crippen LogP contribution in [0.1, 0.15) is 25.3 Å². The molecule has 2 unspecified atom stereocenters. The number of aromatic nitrogens is 2. The van der Waals surface area contributed by atoms with E-state index < -0.39 is 5.69 Å². The monoisotopic (exact) mass is 244 g/mol. The lowest BCUT2D eigenvalue weighted by Crippen LogP contribution is -2.40. The first kappa shape index (κ1) is 11.4. The third-order valence-corrected chi connectivity index (χ3v) is 3.19. The van der Waals surface area contributed by atoms with Crippen LogP contribution in [0.25, 0.3) is 0 Å². The van der Waals surface area contributed by atoms with E-state index in [1.165, 1.54) is 10.6 Å². The van der Waals surface area contributed by atoms with E-state index in [4.69, 9.17) is 16.3 Å². The van der Waals surface area contributed by atoms with Crippen molar-refractivity contribution in [2.24, 2.45) is 0 Å². The van der Waals surface area contributed by atoms with Gasteiger partial charge in [0.25, 0.3) is 5.56 Å². The van der Waals surface area contributed by atoms with Crippen molar-refractivity contribution < 1.29 is 4.74 Å². The Kier molecular flexibility index (Phi) is 3.16. The highest BCUT2D eigenvalue weighted by Gasteiger charge is 2.30. The van der Waals surface area contributed by atoms with Crippen molar-refractivity contribution in [2.75, 3.05) is 7.11 Å². The van der Waals surface area contributed by atoms with E-state index in [2.05, 4.69) is 4.98 Å². The van der Waals surface area contributed by atoms with Crippen LogP contribution in [0.5, 0.6) is 0 Å². The zero-order chi connectivity index (χ0) is 11.7. The fourth-order valence-electron chi connectivity index (χ4n) is 2.27. The Hall–Kier alpha value is -1.07. The van der Waals surface area contributed by atoms with Crippen LogP contribution in [-0.2, 0) is 4.74 Å². The summed E-state index contributed by atoms with van der Waals surface area (Å²) in [7, 11) is 1.60. The molecule has 1 aliphatic rings. The molecule has 0 bridgehead atoms. The van der Waals surface area contributed by atoms with Crippen molar-refractivity contribution >= 4 is 11.6 Å². The van der Waals surface area contributed by atoms with E-state index in [1.807, 2.05) is 0 Å². The molecule has 1 aliphatic carbocycles. The summed E-state index contributed by atoms with van der Waals surface area (Å²) in [5.41, 5.74) is -0.839. The Morgan fingerprint density at radius 3 is 2.88 bits per heavy atom. The van der Waals surface area contributed by atoms with Gasteiger partial charge in [-0.25, -0.2) is 4.79 Å². The fourth-order valence-corrected chi connectivity index (χ4v) is 2.44. The maximum Gasteiger partial charge on any atom is 0.329 e. The van der Waals surface area contributed by atoms with Gasteiger partial charge < -0.3 is 4.74 Å². The van der Waals surface area contributed by atoms with Gasteiger partial charge in [0.2, 0.25) is 0 Å². The van der Waals surface area contributed by atoms with E-state index in [9.17, 15) is 9.59 Å². The van der Waals surface area contributed by atoms with Crippen molar-refractivity contribution in [1.82, 2.24) is 9.55 Å². The summed E-state index contributed by atoms with van der Waals surface area (Å²) >= 11 is 5.60. The smallest absolute Gasteiger partial charge is 0.329 e. The van der Waals surface area contributed by atoms with Crippen molar-refractivity contribution in [3.63, 3.8) is 0 Å². The summed E-state index contributed by atoms with van der Waals surface area (Å²) in [6, 6.07) is 1.03. The largest absolute Gasteiger partial charge is 0.379 e. The van der Waals surface area contributed by atoms with Gasteiger partial charge in [-0.2, -0.15) is 0 Å². The highest BCUT2D eigenvalue weighted by atomic mass is 35.5. The molecule has 0 aliphatic heterocycles. The summed E-state index contributed by atoms with van der Waals surface area (Å²) in [6.45, 7) is 0. The van der Waals surface area contributed by atoms with Crippen molar-refractivity contribution in [3.8, 4) is 0 Å². The van der Waals surface area contributed by atoms with E-state index >= 15 is 0 Å². The van der Waals surface area contributed by atoms with Gasteiger partial charge in [-0.3, -0.25) is 14.3 Å². The minimum absolute atomic E-state index is 0.0678. The predicted molar refractivity (Wildman–Crippen MR) is 60.0 cm³/mol. The van der Waals surface area contributed by atoms with Gasteiger partial charge in [0, 0.05) is 13.2 Å². The molecular weight excluding hydrogens is 232 g/mol. The second-order valence-corrected chi connectivity index (χ2v) is 4.31. The van der Waals surface area contributed by atoms with Crippen LogP contribution >= 0.6 is 11.6 Å². The minimum atomic E-state index is -0.466. The van der Waals surface area contributed by atoms with Crippen LogP contribution in [0.3, 0.4) is 0 Å². The van der Waals surface area contributed by atoms with E-state index in [1.54, 1.807) is 7.11 Å². The van der Waals surface area contributed by atoms with Crippen LogP contribution in [0.15, 0.2) is 15.7 Å². The van der Waals surface area contributed by atoms with Gasteiger partial charge in [-0.05, 0) is 19.3 Å². The molecule has 0 saturated heterocycles. The molecule has 2 atom stereocenters. The van der Waals surface area contributed by atoms with Crippen LogP contribution in [-0.4, -0.2) is 22.8 Å². The van der Waals surface area contributed by atoms with Gasteiger partial charge in [0.05, 0.1) is 12.1 Å². The number of halogens is 1. The second kappa shape index (κ2) is 4.43. The Balaban J connectivity index is 2.48. The molecule has 1 fully saturated rings. The normalized spacial score (nSPS) is 24.9. The Labute approximate surface area is 97.0 Å². The minimum Gasteiger partial charge on any atom is -0.379 e. The molecule has 1 aromatic rings. The van der Waals surface area contributed by atoms with Gasteiger partial charge in [0.15, 0.2) is 0 Å². The number of nitrogens with one attached hydrogen (secondary N) is 1. The Bertz CT molecular complexity index is 462. The summed E-state index contributed by atoms with van der Waals surface area (Å²) in [5.74, 6) is 0. The predicted octanol–water partition coefficient (Wildman–Crippen LogP) is 0.930. The number of aromatic amines is 1. The van der Waals surface area contributed by atoms with Crippen molar-refractivity contribution in [1.29, 1.82) is 0 Å². The number of methoxy groups -OCH3 is 1. The second-order valence-electron chi connectivity index (χ2n) is 3.90. The SMILES string of the molecule is COC1CCCC1n1c(=O)cc(Cl)[nH]c1=O. The summed E-state index contributed by atoms with van der Waals surface area (Å²) in [4.78, 5) is 25.8. The summed E-state index contributed by atoms with van der Waals surface area (Å²) in [6.07, 6.45) is 2.54. The lowest BCUT2D eigenvalue weighted by molar-refractivity contribution is 0.0723. The molecule has 1 saturated carbocycles.